The van der Waals surface area contributed by atoms with Gasteiger partial charge in [-0.1, -0.05) is 24.3 Å². The maximum absolute atomic E-state index is 14.7. The summed E-state index contributed by atoms with van der Waals surface area (Å²) < 4.78 is 135. The van der Waals surface area contributed by atoms with Crippen molar-refractivity contribution >= 4 is 21.8 Å². The highest BCUT2D eigenvalue weighted by molar-refractivity contribution is 7.92. The lowest BCUT2D eigenvalue weighted by molar-refractivity contribution is -0.348. The lowest BCUT2D eigenvalue weighted by Gasteiger charge is -2.37. The summed E-state index contributed by atoms with van der Waals surface area (Å²) in [7, 11) is -4.59. The average molecular weight is 642 g/mol. The van der Waals surface area contributed by atoms with Crippen LogP contribution in [0.1, 0.15) is 30.0 Å². The Morgan fingerprint density at radius 1 is 0.791 bits per heavy atom. The van der Waals surface area contributed by atoms with Crippen LogP contribution < -0.4 is 0 Å². The van der Waals surface area contributed by atoms with E-state index in [4.69, 9.17) is 0 Å². The summed E-state index contributed by atoms with van der Waals surface area (Å²) in [6, 6.07) is 4.14. The number of likely N-dealkylation sites (tertiary alicyclic amines) is 1. The molecule has 2 saturated heterocycles. The topological polar surface area (TPSA) is 78.0 Å². The van der Waals surface area contributed by atoms with Crippen LogP contribution >= 0.6 is 0 Å². The van der Waals surface area contributed by atoms with Crippen molar-refractivity contribution in [1.29, 1.82) is 0 Å². The molecule has 2 heterocycles. The second-order valence-electron chi connectivity index (χ2n) is 10.6. The molecule has 2 aromatic carbocycles. The van der Waals surface area contributed by atoms with Gasteiger partial charge >= 0.3 is 24.1 Å². The lowest BCUT2D eigenvalue weighted by Crippen LogP contribution is -2.54. The Labute approximate surface area is 242 Å². The number of aryl methyl sites for hydroxylation is 1. The molecule has 0 N–H and O–H groups in total. The van der Waals surface area contributed by atoms with Crippen LogP contribution in [0.5, 0.6) is 0 Å². The number of halogens is 8. The molecule has 3 amide bonds. The molecule has 0 unspecified atom stereocenters. The Balaban J connectivity index is 1.77. The number of piperazine rings is 1. The zero-order valence-corrected chi connectivity index (χ0v) is 23.7. The fraction of sp³-hybridized carbons (Fsp3) is 0.481. The number of nitrogens with zero attached hydrogens (tertiary/aromatic N) is 3. The predicted octanol–water partition coefficient (Wildman–Crippen LogP) is 5.08. The van der Waals surface area contributed by atoms with Crippen molar-refractivity contribution in [2.45, 2.75) is 47.9 Å². The molecular weight excluding hydrogens is 614 g/mol. The standard InChI is InChI=1S/C27H27F8N3O4S/c1-17-15-21(7-8-22(17)28)43(41,42)24(9-10-38(16-24)23(40)37-13-11-36(12-14-37)18(2)39)19-3-5-20(6-4-19)25(29,26(30,31)32)27(33,34)35/h3-8,15H,9-14,16H2,1-2H3/t24-/m1/s1. The number of carbonyl (C=O) groups excluding carboxylic acids is 2. The van der Waals surface area contributed by atoms with Crippen molar-refractivity contribution in [3.8, 4) is 0 Å². The van der Waals surface area contributed by atoms with Crippen molar-refractivity contribution in [1.82, 2.24) is 14.7 Å². The quantitative estimate of drug-likeness (QED) is 0.345. The van der Waals surface area contributed by atoms with E-state index in [0.29, 0.717) is 12.1 Å². The second kappa shape index (κ2) is 10.9. The van der Waals surface area contributed by atoms with Crippen LogP contribution in [0, 0.1) is 12.7 Å². The Bertz CT molecular complexity index is 1490. The largest absolute Gasteiger partial charge is 0.435 e. The number of hydrogen-bond donors (Lipinski definition) is 0. The molecule has 4 rings (SSSR count). The highest BCUT2D eigenvalue weighted by atomic mass is 32.2. The first-order chi connectivity index (χ1) is 19.8. The Kier molecular flexibility index (Phi) is 8.26. The Hall–Kier alpha value is -3.43. The van der Waals surface area contributed by atoms with Crippen molar-refractivity contribution in [2.24, 2.45) is 0 Å². The fourth-order valence-electron chi connectivity index (χ4n) is 5.47. The number of sulfone groups is 1. The molecule has 0 aromatic heterocycles. The minimum atomic E-state index is -6.37. The summed E-state index contributed by atoms with van der Waals surface area (Å²) in [5.74, 6) is -0.909. The summed E-state index contributed by atoms with van der Waals surface area (Å²) in [6.45, 7) is 2.73. The molecular formula is C27H27F8N3O4S. The van der Waals surface area contributed by atoms with Gasteiger partial charge in [-0.3, -0.25) is 4.79 Å². The van der Waals surface area contributed by atoms with E-state index in [2.05, 4.69) is 0 Å². The third kappa shape index (κ3) is 5.42. The summed E-state index contributed by atoms with van der Waals surface area (Å²) in [4.78, 5) is 28.7. The van der Waals surface area contributed by atoms with Gasteiger partial charge in [-0.25, -0.2) is 22.0 Å². The molecule has 1 atom stereocenters. The molecule has 2 aliphatic heterocycles. The molecule has 2 aliphatic rings. The first-order valence-corrected chi connectivity index (χ1v) is 14.5. The molecule has 7 nitrogen and oxygen atoms in total. The number of hydrogen-bond acceptors (Lipinski definition) is 4. The molecule has 0 spiro atoms. The van der Waals surface area contributed by atoms with Gasteiger partial charge in [0.25, 0.3) is 0 Å². The molecule has 2 aromatic rings. The van der Waals surface area contributed by atoms with E-state index in [1.807, 2.05) is 0 Å². The minimum absolute atomic E-state index is 0.0431. The smallest absolute Gasteiger partial charge is 0.339 e. The second-order valence-corrected chi connectivity index (χ2v) is 12.8. The SMILES string of the molecule is CC(=O)N1CCN(C(=O)N2CC[C@@](c3ccc(C(F)(C(F)(F)F)C(F)(F)F)cc3)(S(=O)(=O)c3ccc(F)c(C)c3)C2)CC1. The molecule has 0 bridgehead atoms. The van der Waals surface area contributed by atoms with Gasteiger partial charge in [-0.2, -0.15) is 26.3 Å². The number of alkyl halides is 7. The van der Waals surface area contributed by atoms with Crippen molar-refractivity contribution < 1.29 is 53.1 Å². The van der Waals surface area contributed by atoms with E-state index in [1.54, 1.807) is 0 Å². The summed E-state index contributed by atoms with van der Waals surface area (Å²) in [5, 5.41) is 0. The van der Waals surface area contributed by atoms with Gasteiger partial charge < -0.3 is 14.7 Å². The zero-order valence-electron chi connectivity index (χ0n) is 22.9. The van der Waals surface area contributed by atoms with Crippen molar-refractivity contribution in [2.75, 3.05) is 39.3 Å². The third-order valence-electron chi connectivity index (χ3n) is 8.04. The van der Waals surface area contributed by atoms with Crippen molar-refractivity contribution in [3.63, 3.8) is 0 Å². The third-order valence-corrected chi connectivity index (χ3v) is 10.5. The monoisotopic (exact) mass is 641 g/mol. The molecule has 236 valence electrons. The molecule has 0 saturated carbocycles. The van der Waals surface area contributed by atoms with Crippen LogP contribution in [0.4, 0.5) is 39.9 Å². The van der Waals surface area contributed by atoms with Gasteiger partial charge in [-0.15, -0.1) is 0 Å². The number of rotatable bonds is 4. The van der Waals surface area contributed by atoms with Gasteiger partial charge in [0.15, 0.2) is 9.84 Å². The molecule has 0 aliphatic carbocycles. The van der Waals surface area contributed by atoms with Gasteiger partial charge in [0.1, 0.15) is 10.6 Å². The summed E-state index contributed by atoms with van der Waals surface area (Å²) in [5.41, 5.74) is -7.84. The average Bonchev–Trinajstić information content (AvgIpc) is 3.40. The molecule has 16 heteroatoms. The Morgan fingerprint density at radius 3 is 1.81 bits per heavy atom. The Morgan fingerprint density at radius 2 is 1.33 bits per heavy atom. The number of urea groups is 1. The fourth-order valence-corrected chi connectivity index (χ4v) is 7.63. The van der Waals surface area contributed by atoms with Gasteiger partial charge in [0.2, 0.25) is 5.91 Å². The maximum Gasteiger partial charge on any atom is 0.435 e. The normalized spacial score (nSPS) is 20.5. The van der Waals surface area contributed by atoms with Crippen LogP contribution in [-0.4, -0.2) is 86.7 Å². The van der Waals surface area contributed by atoms with E-state index >= 15 is 0 Å². The van der Waals surface area contributed by atoms with E-state index in [0.717, 1.165) is 18.2 Å². The first kappa shape index (κ1) is 32.5. The van der Waals surface area contributed by atoms with Gasteiger partial charge in [0, 0.05) is 51.8 Å². The number of benzene rings is 2. The summed E-state index contributed by atoms with van der Waals surface area (Å²) >= 11 is 0. The van der Waals surface area contributed by atoms with Crippen LogP contribution in [0.2, 0.25) is 0 Å². The highest BCUT2D eigenvalue weighted by Gasteiger charge is 2.73. The van der Waals surface area contributed by atoms with Gasteiger partial charge in [-0.05, 0) is 42.7 Å². The maximum atomic E-state index is 14.7. The predicted molar refractivity (Wildman–Crippen MR) is 137 cm³/mol. The summed E-state index contributed by atoms with van der Waals surface area (Å²) in [6.07, 6.45) is -13.1. The minimum Gasteiger partial charge on any atom is -0.339 e. The van der Waals surface area contributed by atoms with Crippen LogP contribution in [0.15, 0.2) is 47.4 Å². The highest BCUT2D eigenvalue weighted by Crippen LogP contribution is 2.54. The van der Waals surface area contributed by atoms with Gasteiger partial charge in [0.05, 0.1) is 4.90 Å². The van der Waals surface area contributed by atoms with Crippen LogP contribution in [-0.2, 0) is 25.0 Å². The van der Waals surface area contributed by atoms with Crippen LogP contribution in [0.25, 0.3) is 0 Å². The van der Waals surface area contributed by atoms with E-state index in [-0.39, 0.29) is 73.2 Å². The number of carbonyl (C=O) groups is 2. The van der Waals surface area contributed by atoms with E-state index in [1.165, 1.54) is 28.5 Å². The number of amides is 3. The zero-order chi connectivity index (χ0) is 32.2. The lowest BCUT2D eigenvalue weighted by atomic mass is 9.90. The molecule has 2 fully saturated rings. The van der Waals surface area contributed by atoms with E-state index in [9.17, 15) is 53.1 Å². The first-order valence-electron chi connectivity index (χ1n) is 13.0. The van der Waals surface area contributed by atoms with E-state index < -0.39 is 56.6 Å². The van der Waals surface area contributed by atoms with Crippen LogP contribution in [0.3, 0.4) is 0 Å². The molecule has 43 heavy (non-hydrogen) atoms. The van der Waals surface area contributed by atoms with Crippen molar-refractivity contribution in [3.05, 3.63) is 65.0 Å². The molecule has 0 radical (unpaired) electrons.